The zero-order valence-corrected chi connectivity index (χ0v) is 21.3. The van der Waals surface area contributed by atoms with Crippen LogP contribution in [-0.2, 0) is 26.7 Å². The van der Waals surface area contributed by atoms with Crippen molar-refractivity contribution in [3.63, 3.8) is 0 Å². The summed E-state index contributed by atoms with van der Waals surface area (Å²) in [5.74, 6) is -14.3. The first-order chi connectivity index (χ1) is 18.1. The predicted molar refractivity (Wildman–Crippen MR) is 123 cm³/mol. The number of likely N-dealkylation sites (tertiary alicyclic amines) is 1. The number of sulfonamides is 1. The number of nitrogens with zero attached hydrogens (tertiary/aromatic N) is 2. The number of halogens is 6. The summed E-state index contributed by atoms with van der Waals surface area (Å²) in [6.07, 6.45) is 0.498. The van der Waals surface area contributed by atoms with Gasteiger partial charge in [0.1, 0.15) is 10.6 Å². The fourth-order valence-electron chi connectivity index (χ4n) is 3.80. The van der Waals surface area contributed by atoms with Gasteiger partial charge in [0.05, 0.1) is 12.6 Å². The summed E-state index contributed by atoms with van der Waals surface area (Å²) in [4.78, 5) is 35.8. The number of anilines is 1. The van der Waals surface area contributed by atoms with E-state index >= 15 is 4.39 Å². The molecule has 17 heteroatoms. The molecule has 10 nitrogen and oxygen atoms in total. The molecule has 1 aliphatic rings. The molecule has 1 saturated heterocycles. The summed E-state index contributed by atoms with van der Waals surface area (Å²) in [5, 5.41) is 4.15. The van der Waals surface area contributed by atoms with Crippen molar-refractivity contribution < 1.29 is 49.1 Å². The molecular formula is C22H23F6N5O5S. The molecule has 0 aliphatic carbocycles. The third-order valence-corrected chi connectivity index (χ3v) is 7.21. The van der Waals surface area contributed by atoms with E-state index < -0.39 is 98.8 Å². The Balaban J connectivity index is 1.77. The molecule has 1 atom stereocenters. The number of aryl methyl sites for hydroxylation is 1. The van der Waals surface area contributed by atoms with Gasteiger partial charge in [0.2, 0.25) is 10.0 Å². The van der Waals surface area contributed by atoms with Gasteiger partial charge in [-0.25, -0.2) is 39.5 Å². The minimum Gasteiger partial charge on any atom is -0.348 e. The van der Waals surface area contributed by atoms with Gasteiger partial charge in [-0.3, -0.25) is 14.4 Å². The van der Waals surface area contributed by atoms with Crippen LogP contribution < -0.4 is 15.4 Å². The van der Waals surface area contributed by atoms with Crippen LogP contribution in [0.1, 0.15) is 30.3 Å². The van der Waals surface area contributed by atoms with E-state index in [0.717, 1.165) is 7.05 Å². The van der Waals surface area contributed by atoms with Crippen LogP contribution in [0.3, 0.4) is 0 Å². The fourth-order valence-corrected chi connectivity index (χ4v) is 5.22. The Labute approximate surface area is 218 Å². The van der Waals surface area contributed by atoms with E-state index in [0.29, 0.717) is 34.2 Å². The van der Waals surface area contributed by atoms with E-state index in [1.165, 1.54) is 0 Å². The van der Waals surface area contributed by atoms with Gasteiger partial charge in [0.25, 0.3) is 11.8 Å². The monoisotopic (exact) mass is 583 g/mol. The van der Waals surface area contributed by atoms with Crippen molar-refractivity contribution in [2.45, 2.75) is 36.6 Å². The van der Waals surface area contributed by atoms with E-state index in [-0.39, 0.29) is 6.54 Å². The minimum absolute atomic E-state index is 0.150. The van der Waals surface area contributed by atoms with Crippen LogP contribution in [0, 0.1) is 23.3 Å². The Morgan fingerprint density at radius 3 is 2.26 bits per heavy atom. The van der Waals surface area contributed by atoms with Gasteiger partial charge in [0, 0.05) is 44.2 Å². The lowest BCUT2D eigenvalue weighted by atomic mass is 10.0. The Morgan fingerprint density at radius 2 is 1.69 bits per heavy atom. The molecule has 1 aliphatic heterocycles. The van der Waals surface area contributed by atoms with E-state index in [4.69, 9.17) is 0 Å². The number of carbonyl (C=O) groups excluding carboxylic acids is 3. The molecule has 0 unspecified atom stereocenters. The van der Waals surface area contributed by atoms with Crippen molar-refractivity contribution in [3.05, 3.63) is 47.3 Å². The summed E-state index contributed by atoms with van der Waals surface area (Å²) >= 11 is 0. The Kier molecular flexibility index (Phi) is 8.64. The lowest BCUT2D eigenvalue weighted by Crippen LogP contribution is -2.60. The first kappa shape index (κ1) is 29.9. The lowest BCUT2D eigenvalue weighted by Gasteiger charge is -2.37. The quantitative estimate of drug-likeness (QED) is 0.261. The maximum Gasteiger partial charge on any atom is 0.312 e. The summed E-state index contributed by atoms with van der Waals surface area (Å²) < 4.78 is 113. The van der Waals surface area contributed by atoms with E-state index in [1.54, 1.807) is 11.6 Å². The molecule has 3 rings (SSSR count). The number of aromatic nitrogens is 1. The molecule has 1 aromatic carbocycles. The molecule has 1 fully saturated rings. The van der Waals surface area contributed by atoms with Gasteiger partial charge < -0.3 is 20.1 Å². The first-order valence-corrected chi connectivity index (χ1v) is 12.8. The number of rotatable bonds is 7. The van der Waals surface area contributed by atoms with Gasteiger partial charge in [0.15, 0.2) is 23.3 Å². The minimum atomic E-state index is -5.01. The van der Waals surface area contributed by atoms with Gasteiger partial charge in [-0.2, -0.15) is 0 Å². The number of hydrogen-bond donors (Lipinski definition) is 3. The Hall–Kier alpha value is -3.60. The van der Waals surface area contributed by atoms with Crippen molar-refractivity contribution in [2.24, 2.45) is 7.05 Å². The van der Waals surface area contributed by atoms with Crippen LogP contribution in [-0.4, -0.2) is 67.2 Å². The third-order valence-electron chi connectivity index (χ3n) is 5.75. The van der Waals surface area contributed by atoms with E-state index in [1.807, 2.05) is 5.32 Å². The highest BCUT2D eigenvalue weighted by atomic mass is 32.2. The van der Waals surface area contributed by atoms with Gasteiger partial charge in [-0.05, 0) is 12.8 Å². The zero-order chi connectivity index (χ0) is 29.3. The second kappa shape index (κ2) is 11.3. The highest BCUT2D eigenvalue weighted by Crippen LogP contribution is 2.30. The van der Waals surface area contributed by atoms with Gasteiger partial charge in [-0.1, -0.05) is 6.92 Å². The molecule has 3 amide bonds. The number of carbonyl (C=O) groups is 3. The number of nitrogens with one attached hydrogen (secondary N) is 3. The SMILES string of the molecule is CCCNC(=O)C(=O)N1CC[C@@H](NS(=O)(=O)c2cn(C)c(C(=O)Nc3cc(F)c(F)c(F)c3)c2F)C(F)(F)C1. The predicted octanol–water partition coefficient (Wildman–Crippen LogP) is 1.87. The highest BCUT2D eigenvalue weighted by molar-refractivity contribution is 7.89. The molecule has 39 heavy (non-hydrogen) atoms. The van der Waals surface area contributed by atoms with Crippen molar-refractivity contribution in [2.75, 3.05) is 25.0 Å². The van der Waals surface area contributed by atoms with Crippen LogP contribution in [0.25, 0.3) is 0 Å². The van der Waals surface area contributed by atoms with Crippen LogP contribution >= 0.6 is 0 Å². The van der Waals surface area contributed by atoms with Crippen molar-refractivity contribution in [3.8, 4) is 0 Å². The number of amides is 3. The van der Waals surface area contributed by atoms with Crippen LogP contribution in [0.2, 0.25) is 0 Å². The van der Waals surface area contributed by atoms with Crippen LogP contribution in [0.15, 0.2) is 23.2 Å². The first-order valence-electron chi connectivity index (χ1n) is 11.4. The summed E-state index contributed by atoms with van der Waals surface area (Å²) in [6.45, 7) is 0.179. The molecule has 2 aromatic rings. The molecule has 2 heterocycles. The van der Waals surface area contributed by atoms with Crippen LogP contribution in [0.5, 0.6) is 0 Å². The van der Waals surface area contributed by atoms with Crippen molar-refractivity contribution in [1.29, 1.82) is 0 Å². The second-order valence-corrected chi connectivity index (χ2v) is 10.4. The molecule has 0 spiro atoms. The fraction of sp³-hybridized carbons (Fsp3) is 0.409. The summed E-state index contributed by atoms with van der Waals surface area (Å²) in [5.41, 5.74) is -1.55. The maximum atomic E-state index is 15.1. The lowest BCUT2D eigenvalue weighted by molar-refractivity contribution is -0.154. The third kappa shape index (κ3) is 6.35. The maximum absolute atomic E-state index is 15.1. The van der Waals surface area contributed by atoms with Gasteiger partial charge in [-0.15, -0.1) is 0 Å². The number of piperidine rings is 1. The normalized spacial score (nSPS) is 17.1. The molecule has 0 saturated carbocycles. The summed E-state index contributed by atoms with van der Waals surface area (Å²) in [7, 11) is -3.97. The van der Waals surface area contributed by atoms with E-state index in [9.17, 15) is 44.8 Å². The summed E-state index contributed by atoms with van der Waals surface area (Å²) in [6, 6.07) is -1.28. The molecule has 0 radical (unpaired) electrons. The standard InChI is InChI=1S/C22H23F6N5O5S/c1-3-5-29-20(35)21(36)33-6-4-15(22(27,28)10-33)31-39(37,38)14-9-32(2)18(17(14)26)19(34)30-11-7-12(23)16(25)13(24)8-11/h7-9,15,31H,3-6,10H2,1-2H3,(H,29,35)(H,30,34)/t15-/m1/s1. The molecule has 214 valence electrons. The van der Waals surface area contributed by atoms with Crippen molar-refractivity contribution >= 4 is 33.4 Å². The number of alkyl halides is 2. The number of benzene rings is 1. The average Bonchev–Trinajstić information content (AvgIpc) is 3.16. The van der Waals surface area contributed by atoms with E-state index in [2.05, 4.69) is 5.32 Å². The molecule has 1 aromatic heterocycles. The smallest absolute Gasteiger partial charge is 0.312 e. The van der Waals surface area contributed by atoms with Crippen molar-refractivity contribution in [1.82, 2.24) is 19.5 Å². The Bertz CT molecular complexity index is 1390. The highest BCUT2D eigenvalue weighted by Gasteiger charge is 2.49. The topological polar surface area (TPSA) is 130 Å². The second-order valence-electron chi connectivity index (χ2n) is 8.68. The molecule has 0 bridgehead atoms. The zero-order valence-electron chi connectivity index (χ0n) is 20.5. The van der Waals surface area contributed by atoms with Crippen LogP contribution in [0.4, 0.5) is 32.0 Å². The average molecular weight is 584 g/mol. The number of hydrogen-bond acceptors (Lipinski definition) is 5. The largest absolute Gasteiger partial charge is 0.348 e. The Morgan fingerprint density at radius 1 is 1.08 bits per heavy atom. The van der Waals surface area contributed by atoms with Gasteiger partial charge >= 0.3 is 11.8 Å². The molecular weight excluding hydrogens is 560 g/mol. The molecule has 3 N–H and O–H groups in total.